The fourth-order valence-corrected chi connectivity index (χ4v) is 1.50. The first-order valence-corrected chi connectivity index (χ1v) is 6.65. The molecule has 19 heavy (non-hydrogen) atoms. The SMILES string of the molecule is CCCOc1ccccc1/C=C/C(=O)NCCCN. The predicted octanol–water partition coefficient (Wildman–Crippen LogP) is 1.95. The van der Waals surface area contributed by atoms with E-state index in [2.05, 4.69) is 12.2 Å². The summed E-state index contributed by atoms with van der Waals surface area (Å²) in [6, 6.07) is 7.67. The third kappa shape index (κ3) is 6.06. The molecule has 0 aromatic heterocycles. The Hall–Kier alpha value is -1.81. The average molecular weight is 262 g/mol. The Morgan fingerprint density at radius 1 is 1.42 bits per heavy atom. The van der Waals surface area contributed by atoms with Crippen LogP contribution in [0.3, 0.4) is 0 Å². The van der Waals surface area contributed by atoms with E-state index in [9.17, 15) is 4.79 Å². The van der Waals surface area contributed by atoms with Gasteiger partial charge in [-0.25, -0.2) is 0 Å². The molecule has 1 rings (SSSR count). The molecule has 0 unspecified atom stereocenters. The van der Waals surface area contributed by atoms with Crippen LogP contribution in [0.15, 0.2) is 30.3 Å². The molecule has 1 amide bonds. The van der Waals surface area contributed by atoms with Gasteiger partial charge in [-0.1, -0.05) is 25.1 Å². The molecule has 0 aliphatic carbocycles. The van der Waals surface area contributed by atoms with Crippen LogP contribution in [0.5, 0.6) is 5.75 Å². The summed E-state index contributed by atoms with van der Waals surface area (Å²) in [7, 11) is 0. The molecule has 0 radical (unpaired) electrons. The molecule has 0 saturated carbocycles. The van der Waals surface area contributed by atoms with Crippen molar-refractivity contribution >= 4 is 12.0 Å². The molecule has 0 heterocycles. The summed E-state index contributed by atoms with van der Waals surface area (Å²) in [6.07, 6.45) is 5.03. The molecule has 1 aromatic rings. The Balaban J connectivity index is 2.57. The maximum atomic E-state index is 11.5. The lowest BCUT2D eigenvalue weighted by Gasteiger charge is -2.07. The molecule has 4 heteroatoms. The standard InChI is InChI=1S/C15H22N2O2/c1-2-12-19-14-7-4-3-6-13(14)8-9-15(18)17-11-5-10-16/h3-4,6-9H,2,5,10-12,16H2,1H3,(H,17,18)/b9-8+. The maximum Gasteiger partial charge on any atom is 0.244 e. The maximum absolute atomic E-state index is 11.5. The first-order valence-electron chi connectivity index (χ1n) is 6.65. The molecule has 0 bridgehead atoms. The Morgan fingerprint density at radius 3 is 2.95 bits per heavy atom. The number of ether oxygens (including phenoxy) is 1. The quantitative estimate of drug-likeness (QED) is 0.556. The van der Waals surface area contributed by atoms with Crippen molar-refractivity contribution in [3.63, 3.8) is 0 Å². The van der Waals surface area contributed by atoms with E-state index in [0.717, 1.165) is 24.2 Å². The van der Waals surface area contributed by atoms with Gasteiger partial charge in [0.1, 0.15) is 5.75 Å². The number of amides is 1. The number of para-hydroxylation sites is 1. The molecular weight excluding hydrogens is 240 g/mol. The Morgan fingerprint density at radius 2 is 2.21 bits per heavy atom. The van der Waals surface area contributed by atoms with Gasteiger partial charge in [0.2, 0.25) is 5.91 Å². The highest BCUT2D eigenvalue weighted by atomic mass is 16.5. The molecule has 0 atom stereocenters. The highest BCUT2D eigenvalue weighted by Gasteiger charge is 2.00. The van der Waals surface area contributed by atoms with Gasteiger partial charge < -0.3 is 15.8 Å². The van der Waals surface area contributed by atoms with Gasteiger partial charge in [0.05, 0.1) is 6.61 Å². The van der Waals surface area contributed by atoms with E-state index in [4.69, 9.17) is 10.5 Å². The topological polar surface area (TPSA) is 64.3 Å². The second-order valence-corrected chi connectivity index (χ2v) is 4.15. The van der Waals surface area contributed by atoms with Crippen molar-refractivity contribution in [2.75, 3.05) is 19.7 Å². The van der Waals surface area contributed by atoms with Gasteiger partial charge >= 0.3 is 0 Å². The lowest BCUT2D eigenvalue weighted by atomic mass is 10.2. The van der Waals surface area contributed by atoms with E-state index in [1.807, 2.05) is 24.3 Å². The fourth-order valence-electron chi connectivity index (χ4n) is 1.50. The molecule has 0 fully saturated rings. The lowest BCUT2D eigenvalue weighted by molar-refractivity contribution is -0.116. The summed E-state index contributed by atoms with van der Waals surface area (Å²) in [5.41, 5.74) is 6.27. The lowest BCUT2D eigenvalue weighted by Crippen LogP contribution is -2.23. The van der Waals surface area contributed by atoms with Crippen LogP contribution in [0, 0.1) is 0 Å². The van der Waals surface area contributed by atoms with Gasteiger partial charge in [-0.2, -0.15) is 0 Å². The van der Waals surface area contributed by atoms with Crippen molar-refractivity contribution in [3.05, 3.63) is 35.9 Å². The largest absolute Gasteiger partial charge is 0.493 e. The molecule has 104 valence electrons. The van der Waals surface area contributed by atoms with Gasteiger partial charge in [-0.3, -0.25) is 4.79 Å². The van der Waals surface area contributed by atoms with Crippen LogP contribution in [0.25, 0.3) is 6.08 Å². The van der Waals surface area contributed by atoms with Crippen LogP contribution >= 0.6 is 0 Å². The fraction of sp³-hybridized carbons (Fsp3) is 0.400. The Labute approximate surface area is 114 Å². The molecule has 0 aliphatic heterocycles. The third-order valence-electron chi connectivity index (χ3n) is 2.48. The molecule has 3 N–H and O–H groups in total. The second-order valence-electron chi connectivity index (χ2n) is 4.15. The summed E-state index contributed by atoms with van der Waals surface area (Å²) in [4.78, 5) is 11.5. The summed E-state index contributed by atoms with van der Waals surface area (Å²) < 4.78 is 5.62. The van der Waals surface area contributed by atoms with E-state index in [-0.39, 0.29) is 5.91 Å². The zero-order chi connectivity index (χ0) is 13.9. The number of nitrogens with one attached hydrogen (secondary N) is 1. The van der Waals surface area contributed by atoms with E-state index in [1.165, 1.54) is 6.08 Å². The van der Waals surface area contributed by atoms with Crippen LogP contribution in [0.2, 0.25) is 0 Å². The number of rotatable bonds is 8. The van der Waals surface area contributed by atoms with Crippen molar-refractivity contribution in [1.29, 1.82) is 0 Å². The van der Waals surface area contributed by atoms with Gasteiger partial charge in [0, 0.05) is 18.2 Å². The zero-order valence-corrected chi connectivity index (χ0v) is 11.4. The van der Waals surface area contributed by atoms with Crippen molar-refractivity contribution in [2.24, 2.45) is 5.73 Å². The number of nitrogens with two attached hydrogens (primary N) is 1. The van der Waals surface area contributed by atoms with Crippen LogP contribution < -0.4 is 15.8 Å². The first-order chi connectivity index (χ1) is 9.27. The number of carbonyl (C=O) groups excluding carboxylic acids is 1. The minimum Gasteiger partial charge on any atom is -0.493 e. The van der Waals surface area contributed by atoms with Gasteiger partial charge in [-0.05, 0) is 31.5 Å². The number of hydrogen-bond donors (Lipinski definition) is 2. The minimum absolute atomic E-state index is 0.112. The summed E-state index contributed by atoms with van der Waals surface area (Å²) in [5.74, 6) is 0.689. The molecule has 4 nitrogen and oxygen atoms in total. The third-order valence-corrected chi connectivity index (χ3v) is 2.48. The van der Waals surface area contributed by atoms with Gasteiger partial charge in [0.25, 0.3) is 0 Å². The molecule has 1 aromatic carbocycles. The number of hydrogen-bond acceptors (Lipinski definition) is 3. The van der Waals surface area contributed by atoms with E-state index < -0.39 is 0 Å². The highest BCUT2D eigenvalue weighted by Crippen LogP contribution is 2.19. The number of benzene rings is 1. The van der Waals surface area contributed by atoms with Crippen LogP contribution in [-0.4, -0.2) is 25.6 Å². The van der Waals surface area contributed by atoms with Crippen molar-refractivity contribution < 1.29 is 9.53 Å². The molecule has 0 aliphatic rings. The average Bonchev–Trinajstić information content (AvgIpc) is 2.44. The Kier molecular flexibility index (Phi) is 7.35. The monoisotopic (exact) mass is 262 g/mol. The summed E-state index contributed by atoms with van der Waals surface area (Å²) in [6.45, 7) is 3.92. The highest BCUT2D eigenvalue weighted by molar-refractivity contribution is 5.92. The predicted molar refractivity (Wildman–Crippen MR) is 77.9 cm³/mol. The molecule has 0 saturated heterocycles. The smallest absolute Gasteiger partial charge is 0.244 e. The van der Waals surface area contributed by atoms with Crippen molar-refractivity contribution in [2.45, 2.75) is 19.8 Å². The Bertz CT molecular complexity index is 416. The normalized spacial score (nSPS) is 10.6. The molecular formula is C15H22N2O2. The second kappa shape index (κ2) is 9.16. The van der Waals surface area contributed by atoms with Gasteiger partial charge in [-0.15, -0.1) is 0 Å². The van der Waals surface area contributed by atoms with Crippen molar-refractivity contribution in [3.8, 4) is 5.75 Å². The number of carbonyl (C=O) groups is 1. The summed E-state index contributed by atoms with van der Waals surface area (Å²) in [5, 5.41) is 2.77. The van der Waals surface area contributed by atoms with Crippen LogP contribution in [0.1, 0.15) is 25.3 Å². The van der Waals surface area contributed by atoms with E-state index in [1.54, 1.807) is 6.08 Å². The molecule has 0 spiro atoms. The van der Waals surface area contributed by atoms with E-state index >= 15 is 0 Å². The van der Waals surface area contributed by atoms with Crippen LogP contribution in [-0.2, 0) is 4.79 Å². The first kappa shape index (κ1) is 15.2. The summed E-state index contributed by atoms with van der Waals surface area (Å²) >= 11 is 0. The van der Waals surface area contributed by atoms with Crippen molar-refractivity contribution in [1.82, 2.24) is 5.32 Å². The zero-order valence-electron chi connectivity index (χ0n) is 11.4. The van der Waals surface area contributed by atoms with Crippen LogP contribution in [0.4, 0.5) is 0 Å². The van der Waals surface area contributed by atoms with E-state index in [0.29, 0.717) is 19.7 Å². The van der Waals surface area contributed by atoms with Gasteiger partial charge in [0.15, 0.2) is 0 Å². The minimum atomic E-state index is -0.112.